The van der Waals surface area contributed by atoms with Crippen molar-refractivity contribution in [3.8, 4) is 0 Å². The molecule has 0 saturated carbocycles. The number of thiazole rings is 1. The first kappa shape index (κ1) is 20.2. The molecule has 1 N–H and O–H groups in total. The monoisotopic (exact) mass is 446 g/mol. The normalized spacial score (nSPS) is 14.0. The number of aromatic nitrogens is 3. The number of imidazole rings is 1. The van der Waals surface area contributed by atoms with Gasteiger partial charge < -0.3 is 15.1 Å². The van der Waals surface area contributed by atoms with Crippen LogP contribution in [-0.4, -0.2) is 57.3 Å². The van der Waals surface area contributed by atoms with E-state index in [2.05, 4.69) is 20.2 Å². The highest BCUT2D eigenvalue weighted by Gasteiger charge is 2.24. The molecule has 0 atom stereocenters. The SMILES string of the molecule is O=C(Nc1ccncc1)c1ccccc1N1CCN(C(=O)Cc2cn3ccsc3n2)CC1. The first-order chi connectivity index (χ1) is 15.7. The number of amides is 2. The van der Waals surface area contributed by atoms with Gasteiger partial charge in [-0.3, -0.25) is 19.0 Å². The van der Waals surface area contributed by atoms with Gasteiger partial charge in [0.2, 0.25) is 5.91 Å². The molecule has 4 aromatic rings. The number of rotatable bonds is 5. The molecule has 8 nitrogen and oxygen atoms in total. The summed E-state index contributed by atoms with van der Waals surface area (Å²) in [5, 5.41) is 4.90. The van der Waals surface area contributed by atoms with Gasteiger partial charge in [-0.05, 0) is 24.3 Å². The third-order valence-electron chi connectivity index (χ3n) is 5.54. The summed E-state index contributed by atoms with van der Waals surface area (Å²) < 4.78 is 1.94. The van der Waals surface area contributed by atoms with Crippen molar-refractivity contribution in [2.24, 2.45) is 0 Å². The van der Waals surface area contributed by atoms with Crippen LogP contribution in [-0.2, 0) is 11.2 Å². The number of fused-ring (bicyclic) bond motifs is 1. The molecule has 1 aliphatic rings. The highest BCUT2D eigenvalue weighted by atomic mass is 32.1. The summed E-state index contributed by atoms with van der Waals surface area (Å²) in [4.78, 5) is 39.1. The molecule has 1 saturated heterocycles. The van der Waals surface area contributed by atoms with E-state index in [4.69, 9.17) is 0 Å². The number of nitrogens with zero attached hydrogens (tertiary/aromatic N) is 5. The first-order valence-corrected chi connectivity index (χ1v) is 11.3. The smallest absolute Gasteiger partial charge is 0.257 e. The number of para-hydroxylation sites is 1. The van der Waals surface area contributed by atoms with Crippen molar-refractivity contribution in [1.29, 1.82) is 0 Å². The van der Waals surface area contributed by atoms with Crippen LogP contribution in [0.25, 0.3) is 4.96 Å². The number of anilines is 2. The van der Waals surface area contributed by atoms with E-state index in [1.165, 1.54) is 0 Å². The second-order valence-corrected chi connectivity index (χ2v) is 8.45. The maximum Gasteiger partial charge on any atom is 0.257 e. The van der Waals surface area contributed by atoms with E-state index in [1.54, 1.807) is 35.9 Å². The van der Waals surface area contributed by atoms with E-state index < -0.39 is 0 Å². The number of pyridine rings is 1. The molecule has 0 radical (unpaired) electrons. The molecule has 3 aromatic heterocycles. The molecule has 5 rings (SSSR count). The molecular weight excluding hydrogens is 424 g/mol. The minimum absolute atomic E-state index is 0.0825. The van der Waals surface area contributed by atoms with Crippen LogP contribution >= 0.6 is 11.3 Å². The molecule has 162 valence electrons. The quantitative estimate of drug-likeness (QED) is 0.510. The number of nitrogens with one attached hydrogen (secondary N) is 1. The Balaban J connectivity index is 1.22. The number of carbonyl (C=O) groups excluding carboxylic acids is 2. The van der Waals surface area contributed by atoms with E-state index in [1.807, 2.05) is 51.3 Å². The molecule has 2 amide bonds. The van der Waals surface area contributed by atoms with Gasteiger partial charge in [0, 0.05) is 67.7 Å². The molecule has 0 aliphatic carbocycles. The largest absolute Gasteiger partial charge is 0.367 e. The van der Waals surface area contributed by atoms with Crippen LogP contribution in [0.1, 0.15) is 16.1 Å². The van der Waals surface area contributed by atoms with Gasteiger partial charge in [0.25, 0.3) is 5.91 Å². The summed E-state index contributed by atoms with van der Waals surface area (Å²) in [6.45, 7) is 2.57. The van der Waals surface area contributed by atoms with E-state index >= 15 is 0 Å². The summed E-state index contributed by atoms with van der Waals surface area (Å²) in [5.74, 6) is -0.0795. The van der Waals surface area contributed by atoms with Gasteiger partial charge in [0.05, 0.1) is 17.7 Å². The molecule has 9 heteroatoms. The Hall–Kier alpha value is -3.72. The average molecular weight is 447 g/mol. The fourth-order valence-corrected chi connectivity index (χ4v) is 4.62. The Labute approximate surface area is 189 Å². The van der Waals surface area contributed by atoms with Gasteiger partial charge in [0.1, 0.15) is 0 Å². The zero-order valence-electron chi connectivity index (χ0n) is 17.3. The molecule has 4 heterocycles. The average Bonchev–Trinajstić information content (AvgIpc) is 3.42. The minimum atomic E-state index is -0.162. The molecule has 1 fully saturated rings. The highest BCUT2D eigenvalue weighted by molar-refractivity contribution is 7.15. The Bertz CT molecular complexity index is 1220. The minimum Gasteiger partial charge on any atom is -0.367 e. The van der Waals surface area contributed by atoms with Crippen molar-refractivity contribution in [2.75, 3.05) is 36.4 Å². The lowest BCUT2D eigenvalue weighted by atomic mass is 10.1. The van der Waals surface area contributed by atoms with Crippen molar-refractivity contribution in [1.82, 2.24) is 19.3 Å². The lowest BCUT2D eigenvalue weighted by Crippen LogP contribution is -2.49. The fraction of sp³-hybridized carbons (Fsp3) is 0.217. The molecule has 32 heavy (non-hydrogen) atoms. The Kier molecular flexibility index (Phi) is 5.55. The standard InChI is InChI=1S/C23H22N6O2S/c30-21(15-18-16-29-13-14-32-23(29)26-18)28-11-9-27(10-12-28)20-4-2-1-3-19(20)22(31)25-17-5-7-24-8-6-17/h1-8,13-14,16H,9-12,15H2,(H,24,25,31). The first-order valence-electron chi connectivity index (χ1n) is 10.4. The predicted octanol–water partition coefficient (Wildman–Crippen LogP) is 2.93. The molecule has 0 spiro atoms. The summed E-state index contributed by atoms with van der Waals surface area (Å²) >= 11 is 1.56. The number of hydrogen-bond acceptors (Lipinski definition) is 6. The third-order valence-corrected chi connectivity index (χ3v) is 6.31. The lowest BCUT2D eigenvalue weighted by molar-refractivity contribution is -0.130. The Morgan fingerprint density at radius 3 is 2.59 bits per heavy atom. The van der Waals surface area contributed by atoms with Gasteiger partial charge in [-0.15, -0.1) is 11.3 Å². The second kappa shape index (κ2) is 8.80. The fourth-order valence-electron chi connectivity index (χ4n) is 3.90. The van der Waals surface area contributed by atoms with E-state index in [0.29, 0.717) is 43.9 Å². The third kappa shape index (κ3) is 4.19. The molecule has 0 bridgehead atoms. The summed E-state index contributed by atoms with van der Waals surface area (Å²) in [7, 11) is 0. The molecule has 1 aromatic carbocycles. The maximum absolute atomic E-state index is 12.9. The van der Waals surface area contributed by atoms with Gasteiger partial charge in [-0.2, -0.15) is 0 Å². The van der Waals surface area contributed by atoms with Crippen LogP contribution in [0.2, 0.25) is 0 Å². The van der Waals surface area contributed by atoms with Gasteiger partial charge in [-0.25, -0.2) is 4.98 Å². The van der Waals surface area contributed by atoms with Crippen LogP contribution < -0.4 is 10.2 Å². The van der Waals surface area contributed by atoms with Gasteiger partial charge >= 0.3 is 0 Å². The molecule has 1 aliphatic heterocycles. The molecule has 0 unspecified atom stereocenters. The molecular formula is C23H22N6O2S. The maximum atomic E-state index is 12.9. The van der Waals surface area contributed by atoms with Crippen LogP contribution in [0.15, 0.2) is 66.6 Å². The van der Waals surface area contributed by atoms with Crippen molar-refractivity contribution in [2.45, 2.75) is 6.42 Å². The topological polar surface area (TPSA) is 82.8 Å². The Morgan fingerprint density at radius 1 is 1.03 bits per heavy atom. The van der Waals surface area contributed by atoms with Crippen molar-refractivity contribution < 1.29 is 9.59 Å². The number of piperazine rings is 1. The lowest BCUT2D eigenvalue weighted by Gasteiger charge is -2.36. The second-order valence-electron chi connectivity index (χ2n) is 7.58. The summed E-state index contributed by atoms with van der Waals surface area (Å²) in [6.07, 6.45) is 7.45. The van der Waals surface area contributed by atoms with Crippen molar-refractivity contribution in [3.05, 3.63) is 77.8 Å². The predicted molar refractivity (Wildman–Crippen MR) is 124 cm³/mol. The Morgan fingerprint density at radius 2 is 1.81 bits per heavy atom. The highest BCUT2D eigenvalue weighted by Crippen LogP contribution is 2.23. The summed E-state index contributed by atoms with van der Waals surface area (Å²) in [5.41, 5.74) is 2.99. The van der Waals surface area contributed by atoms with E-state index in [0.717, 1.165) is 16.3 Å². The van der Waals surface area contributed by atoms with Gasteiger partial charge in [0.15, 0.2) is 4.96 Å². The van der Waals surface area contributed by atoms with Crippen molar-refractivity contribution in [3.63, 3.8) is 0 Å². The van der Waals surface area contributed by atoms with Crippen LogP contribution in [0.5, 0.6) is 0 Å². The van der Waals surface area contributed by atoms with Gasteiger partial charge in [-0.1, -0.05) is 12.1 Å². The zero-order chi connectivity index (χ0) is 21.9. The zero-order valence-corrected chi connectivity index (χ0v) is 18.2. The summed E-state index contributed by atoms with van der Waals surface area (Å²) in [6, 6.07) is 11.1. The van der Waals surface area contributed by atoms with Crippen LogP contribution in [0.4, 0.5) is 11.4 Å². The van der Waals surface area contributed by atoms with Crippen LogP contribution in [0, 0.1) is 0 Å². The van der Waals surface area contributed by atoms with E-state index in [9.17, 15) is 9.59 Å². The number of hydrogen-bond donors (Lipinski definition) is 1. The van der Waals surface area contributed by atoms with Crippen LogP contribution in [0.3, 0.4) is 0 Å². The number of carbonyl (C=O) groups is 2. The van der Waals surface area contributed by atoms with E-state index in [-0.39, 0.29) is 11.8 Å². The van der Waals surface area contributed by atoms with Crippen molar-refractivity contribution >= 4 is 39.5 Å². The number of benzene rings is 1.